The van der Waals surface area contributed by atoms with Crippen LogP contribution in [0, 0.1) is 39.4 Å². The Morgan fingerprint density at radius 2 is 1.79 bits per heavy atom. The van der Waals surface area contributed by atoms with Crippen molar-refractivity contribution in [1.82, 2.24) is 35.5 Å². The van der Waals surface area contributed by atoms with Crippen molar-refractivity contribution in [2.24, 2.45) is 16.2 Å². The number of hydrogen-bond donors (Lipinski definition) is 2. The highest BCUT2D eigenvalue weighted by Crippen LogP contribution is 2.55. The number of halogens is 1. The van der Waals surface area contributed by atoms with E-state index >= 15 is 0 Å². The minimum Gasteiger partial charge on any atom is -0.489 e. The number of anilines is 1. The van der Waals surface area contributed by atoms with Gasteiger partial charge in [0.05, 0.1) is 28.1 Å². The third-order valence-electron chi connectivity index (χ3n) is 12.5. The summed E-state index contributed by atoms with van der Waals surface area (Å²) in [6.45, 7) is 12.6. The molecule has 0 bridgehead atoms. The first-order valence-corrected chi connectivity index (χ1v) is 19.9. The topological polar surface area (TPSA) is 175 Å². The molecule has 2 aromatic heterocycles. The van der Waals surface area contributed by atoms with Gasteiger partial charge < -0.3 is 15.0 Å². The molecule has 4 fully saturated rings. The molecule has 8 rings (SSSR count). The number of nitrogens with one attached hydrogen (secondary N) is 2. The molecule has 5 heterocycles. The molecule has 15 heteroatoms. The standard InChI is InChI=1S/C43H44ClN9O5/c1-41(2)39(42(3,4)40(41)58-30-11-8-26(22-45)32(44)21-30)48-36(55)27-7-9-28(46-23-27)6-5-17-51-24-43(25-51)15-18-52(19-16-43)29-10-12-31-33(20-29)49-50-53(38(31)57)34-13-14-35(54)47-37(34)56/h7-12,20-21,23,34,39-40H,13-19,24-25H2,1-4H3,(H,48,55)(H,47,54,56). The SMILES string of the molecule is CC1(C)C(NC(=O)c2ccc(C#CCN3CC4(CCN(c5ccc6c(=O)n(C7CCC(=O)NC7=O)nnc6c5)CC4)C3)nc2)C(C)(C)C1Oc1ccc(C#N)c(Cl)c1. The quantitative estimate of drug-likeness (QED) is 0.202. The number of pyridine rings is 1. The van der Waals surface area contributed by atoms with E-state index in [4.69, 9.17) is 16.3 Å². The monoisotopic (exact) mass is 801 g/mol. The van der Waals surface area contributed by atoms with Crippen molar-refractivity contribution in [2.45, 2.75) is 71.6 Å². The van der Waals surface area contributed by atoms with Crippen LogP contribution in [-0.4, -0.2) is 87.5 Å². The number of carbonyl (C=O) groups excluding carboxylic acids is 3. The van der Waals surface area contributed by atoms with Gasteiger partial charge in [-0.15, -0.1) is 5.10 Å². The van der Waals surface area contributed by atoms with Crippen LogP contribution < -0.4 is 25.8 Å². The average molecular weight is 802 g/mol. The number of hydrogen-bond acceptors (Lipinski definition) is 11. The van der Waals surface area contributed by atoms with Crippen molar-refractivity contribution in [1.29, 1.82) is 5.26 Å². The van der Waals surface area contributed by atoms with E-state index in [1.54, 1.807) is 42.6 Å². The molecule has 2 N–H and O–H groups in total. The molecule has 2 aromatic carbocycles. The summed E-state index contributed by atoms with van der Waals surface area (Å²) < 4.78 is 7.43. The van der Waals surface area contributed by atoms with Crippen molar-refractivity contribution >= 4 is 45.9 Å². The minimum atomic E-state index is -0.850. The number of nitriles is 1. The van der Waals surface area contributed by atoms with Gasteiger partial charge in [0.25, 0.3) is 17.4 Å². The normalized spacial score (nSPS) is 23.1. The molecule has 14 nitrogen and oxygen atoms in total. The molecule has 1 saturated carbocycles. The number of piperidine rings is 2. The van der Waals surface area contributed by atoms with Crippen molar-refractivity contribution < 1.29 is 19.1 Å². The van der Waals surface area contributed by atoms with Crippen LogP contribution in [0.25, 0.3) is 10.9 Å². The lowest BCUT2D eigenvalue weighted by molar-refractivity contribution is -0.164. The second-order valence-corrected chi connectivity index (χ2v) is 17.6. The fourth-order valence-electron chi connectivity index (χ4n) is 9.58. The number of amides is 3. The molecule has 1 atom stereocenters. The number of fused-ring (bicyclic) bond motifs is 1. The Morgan fingerprint density at radius 1 is 1.03 bits per heavy atom. The summed E-state index contributed by atoms with van der Waals surface area (Å²) in [6.07, 6.45) is 3.81. The number of likely N-dealkylation sites (tertiary alicyclic amines) is 1. The minimum absolute atomic E-state index is 0.150. The summed E-state index contributed by atoms with van der Waals surface area (Å²) >= 11 is 6.23. The zero-order chi connectivity index (χ0) is 41.0. The first-order valence-electron chi connectivity index (χ1n) is 19.5. The van der Waals surface area contributed by atoms with Crippen LogP contribution in [0.4, 0.5) is 5.69 Å². The highest BCUT2D eigenvalue weighted by molar-refractivity contribution is 6.31. The Balaban J connectivity index is 0.800. The maximum Gasteiger partial charge on any atom is 0.278 e. The van der Waals surface area contributed by atoms with Crippen LogP contribution in [-0.2, 0) is 9.59 Å². The fraction of sp³-hybridized carbons (Fsp3) is 0.442. The Labute approximate surface area is 340 Å². The van der Waals surface area contributed by atoms with E-state index in [2.05, 4.69) is 81.3 Å². The molecular formula is C43H44ClN9O5. The van der Waals surface area contributed by atoms with Crippen molar-refractivity contribution in [3.63, 3.8) is 0 Å². The number of nitrogens with zero attached hydrogens (tertiary/aromatic N) is 7. The molecule has 0 radical (unpaired) electrons. The van der Waals surface area contributed by atoms with Gasteiger partial charge in [0, 0.05) is 67.4 Å². The highest BCUT2D eigenvalue weighted by Gasteiger charge is 2.64. The van der Waals surface area contributed by atoms with Crippen molar-refractivity contribution in [2.75, 3.05) is 37.6 Å². The van der Waals surface area contributed by atoms with Gasteiger partial charge in [-0.25, -0.2) is 4.98 Å². The number of aromatic nitrogens is 4. The van der Waals surface area contributed by atoms with Gasteiger partial charge in [0.15, 0.2) is 0 Å². The maximum absolute atomic E-state index is 13.3. The van der Waals surface area contributed by atoms with Crippen LogP contribution in [0.15, 0.2) is 59.5 Å². The van der Waals surface area contributed by atoms with Crippen molar-refractivity contribution in [3.8, 4) is 23.7 Å². The van der Waals surface area contributed by atoms with Crippen LogP contribution >= 0.6 is 11.6 Å². The lowest BCUT2D eigenvalue weighted by atomic mass is 9.49. The van der Waals surface area contributed by atoms with E-state index in [1.165, 1.54) is 0 Å². The number of carbonyl (C=O) groups is 3. The number of ether oxygens (including phenoxy) is 1. The third kappa shape index (κ3) is 7.16. The van der Waals surface area contributed by atoms with Crippen molar-refractivity contribution in [3.05, 3.63) is 86.9 Å². The lowest BCUT2D eigenvalue weighted by Gasteiger charge is -2.63. The summed E-state index contributed by atoms with van der Waals surface area (Å²) in [4.78, 5) is 59.5. The molecule has 3 saturated heterocycles. The third-order valence-corrected chi connectivity index (χ3v) is 12.8. The number of imide groups is 1. The van der Waals surface area contributed by atoms with Crippen LogP contribution in [0.1, 0.15) is 81.0 Å². The number of rotatable bonds is 7. The van der Waals surface area contributed by atoms with Gasteiger partial charge in [-0.3, -0.25) is 29.4 Å². The van der Waals surface area contributed by atoms with Gasteiger partial charge in [0.2, 0.25) is 5.91 Å². The average Bonchev–Trinajstić information content (AvgIpc) is 3.19. The van der Waals surface area contributed by atoms with E-state index < -0.39 is 17.5 Å². The molecule has 3 aliphatic heterocycles. The Morgan fingerprint density at radius 3 is 2.47 bits per heavy atom. The summed E-state index contributed by atoms with van der Waals surface area (Å²) in [6, 6.07) is 15.2. The second-order valence-electron chi connectivity index (χ2n) is 17.2. The Kier molecular flexibility index (Phi) is 9.98. The molecule has 4 aliphatic rings. The molecule has 298 valence electrons. The van der Waals surface area contributed by atoms with E-state index in [1.807, 2.05) is 12.1 Å². The first-order chi connectivity index (χ1) is 27.7. The predicted molar refractivity (Wildman–Crippen MR) is 216 cm³/mol. The summed E-state index contributed by atoms with van der Waals surface area (Å²) in [7, 11) is 0. The van der Waals surface area contributed by atoms with E-state index in [9.17, 15) is 24.4 Å². The first kappa shape index (κ1) is 39.0. The van der Waals surface area contributed by atoms with Gasteiger partial charge in [-0.1, -0.05) is 50.4 Å². The summed E-state index contributed by atoms with van der Waals surface area (Å²) in [5.41, 5.74) is 2.01. The van der Waals surface area contributed by atoms with Crippen LogP contribution in [0.3, 0.4) is 0 Å². The van der Waals surface area contributed by atoms with Crippen LogP contribution in [0.2, 0.25) is 5.02 Å². The highest BCUT2D eigenvalue weighted by atomic mass is 35.5. The summed E-state index contributed by atoms with van der Waals surface area (Å²) in [5.74, 6) is 5.89. The van der Waals surface area contributed by atoms with Gasteiger partial charge >= 0.3 is 0 Å². The zero-order valence-electron chi connectivity index (χ0n) is 32.8. The second kappa shape index (κ2) is 14.8. The lowest BCUT2D eigenvalue weighted by Crippen LogP contribution is -2.74. The molecule has 1 spiro atoms. The van der Waals surface area contributed by atoms with E-state index in [0.29, 0.717) is 45.0 Å². The molecule has 1 aliphatic carbocycles. The summed E-state index contributed by atoms with van der Waals surface area (Å²) in [5, 5.41) is 23.7. The largest absolute Gasteiger partial charge is 0.489 e. The molecule has 3 amide bonds. The molecule has 58 heavy (non-hydrogen) atoms. The molecular weight excluding hydrogens is 758 g/mol. The van der Waals surface area contributed by atoms with E-state index in [0.717, 1.165) is 49.4 Å². The van der Waals surface area contributed by atoms with Crippen LogP contribution in [0.5, 0.6) is 5.75 Å². The number of benzene rings is 2. The van der Waals surface area contributed by atoms with E-state index in [-0.39, 0.29) is 53.0 Å². The van der Waals surface area contributed by atoms with Gasteiger partial charge in [-0.2, -0.15) is 9.94 Å². The Hall–Kier alpha value is -5.83. The maximum atomic E-state index is 13.3. The van der Waals surface area contributed by atoms with Gasteiger partial charge in [-0.05, 0) is 73.1 Å². The molecule has 1 unspecified atom stereocenters. The fourth-order valence-corrected chi connectivity index (χ4v) is 9.80. The Bertz CT molecular complexity index is 2470. The molecule has 4 aromatic rings. The predicted octanol–water partition coefficient (Wildman–Crippen LogP) is 4.26. The zero-order valence-corrected chi connectivity index (χ0v) is 33.6. The van der Waals surface area contributed by atoms with Gasteiger partial charge in [0.1, 0.15) is 35.2 Å². The smallest absolute Gasteiger partial charge is 0.278 e.